The Bertz CT molecular complexity index is 567. The van der Waals surface area contributed by atoms with Gasteiger partial charge < -0.3 is 10.1 Å². The minimum atomic E-state index is 0.117. The standard InChI is InChI=1S/C16H20ClNOS/c1-4-18-15(16-14(17)11(3)10-20-16)12-7-6-8-13(9-12)19-5-2/h6-10,15,18H,4-5H2,1-3H3. The van der Waals surface area contributed by atoms with Crippen LogP contribution < -0.4 is 10.1 Å². The molecule has 0 aliphatic rings. The van der Waals surface area contributed by atoms with E-state index in [2.05, 4.69) is 29.8 Å². The highest BCUT2D eigenvalue weighted by molar-refractivity contribution is 7.10. The lowest BCUT2D eigenvalue weighted by molar-refractivity contribution is 0.339. The summed E-state index contributed by atoms with van der Waals surface area (Å²) in [4.78, 5) is 1.17. The summed E-state index contributed by atoms with van der Waals surface area (Å²) in [7, 11) is 0. The molecule has 0 fully saturated rings. The fraction of sp³-hybridized carbons (Fsp3) is 0.375. The van der Waals surface area contributed by atoms with Gasteiger partial charge in [-0.25, -0.2) is 0 Å². The molecular weight excluding hydrogens is 290 g/mol. The van der Waals surface area contributed by atoms with Gasteiger partial charge >= 0.3 is 0 Å². The minimum Gasteiger partial charge on any atom is -0.494 e. The van der Waals surface area contributed by atoms with Gasteiger partial charge in [0.1, 0.15) is 5.75 Å². The molecule has 1 N–H and O–H groups in total. The van der Waals surface area contributed by atoms with E-state index >= 15 is 0 Å². The number of rotatable bonds is 6. The molecule has 0 aliphatic heterocycles. The van der Waals surface area contributed by atoms with E-state index in [1.165, 1.54) is 10.4 Å². The zero-order valence-corrected chi connectivity index (χ0v) is 13.6. The molecule has 2 aromatic rings. The second kappa shape index (κ2) is 7.11. The summed E-state index contributed by atoms with van der Waals surface area (Å²) in [5.74, 6) is 0.900. The zero-order chi connectivity index (χ0) is 14.5. The van der Waals surface area contributed by atoms with Crippen LogP contribution in [0.4, 0.5) is 0 Å². The fourth-order valence-corrected chi connectivity index (χ4v) is 3.56. The van der Waals surface area contributed by atoms with Gasteiger partial charge in [-0.1, -0.05) is 30.7 Å². The van der Waals surface area contributed by atoms with Crippen LogP contribution in [0, 0.1) is 6.92 Å². The van der Waals surface area contributed by atoms with Gasteiger partial charge in [0.25, 0.3) is 0 Å². The Morgan fingerprint density at radius 2 is 2.15 bits per heavy atom. The smallest absolute Gasteiger partial charge is 0.119 e. The highest BCUT2D eigenvalue weighted by atomic mass is 35.5. The fourth-order valence-electron chi connectivity index (χ4n) is 2.16. The van der Waals surface area contributed by atoms with E-state index in [4.69, 9.17) is 16.3 Å². The van der Waals surface area contributed by atoms with Crippen molar-refractivity contribution < 1.29 is 4.74 Å². The molecule has 2 rings (SSSR count). The molecule has 2 nitrogen and oxygen atoms in total. The summed E-state index contributed by atoms with van der Waals surface area (Å²) in [6.45, 7) is 7.70. The molecule has 0 spiro atoms. The maximum atomic E-state index is 6.43. The van der Waals surface area contributed by atoms with Crippen LogP contribution in [-0.4, -0.2) is 13.2 Å². The predicted molar refractivity (Wildman–Crippen MR) is 87.2 cm³/mol. The van der Waals surface area contributed by atoms with Crippen LogP contribution in [0.1, 0.15) is 35.9 Å². The van der Waals surface area contributed by atoms with Gasteiger partial charge in [-0.2, -0.15) is 0 Å². The Hall–Kier alpha value is -1.03. The van der Waals surface area contributed by atoms with Crippen LogP contribution in [-0.2, 0) is 0 Å². The lowest BCUT2D eigenvalue weighted by Crippen LogP contribution is -2.21. The lowest BCUT2D eigenvalue weighted by atomic mass is 10.0. The largest absolute Gasteiger partial charge is 0.494 e. The summed E-state index contributed by atoms with van der Waals surface area (Å²) in [6.07, 6.45) is 0. The summed E-state index contributed by atoms with van der Waals surface area (Å²) in [6, 6.07) is 8.33. The Morgan fingerprint density at radius 3 is 2.75 bits per heavy atom. The molecule has 0 saturated heterocycles. The first-order valence-electron chi connectivity index (χ1n) is 6.87. The minimum absolute atomic E-state index is 0.117. The normalized spacial score (nSPS) is 12.4. The van der Waals surface area contributed by atoms with Gasteiger partial charge in [-0.05, 0) is 49.0 Å². The molecule has 1 heterocycles. The molecule has 108 valence electrons. The van der Waals surface area contributed by atoms with Crippen LogP contribution in [0.25, 0.3) is 0 Å². The van der Waals surface area contributed by atoms with Crippen molar-refractivity contribution in [3.05, 3.63) is 50.7 Å². The number of aryl methyl sites for hydroxylation is 1. The highest BCUT2D eigenvalue weighted by Crippen LogP contribution is 2.36. The maximum absolute atomic E-state index is 6.43. The summed E-state index contributed by atoms with van der Waals surface area (Å²) >= 11 is 8.13. The van der Waals surface area contributed by atoms with E-state index in [1.807, 2.05) is 26.0 Å². The Morgan fingerprint density at radius 1 is 1.35 bits per heavy atom. The molecule has 0 amide bonds. The molecule has 0 radical (unpaired) electrons. The van der Waals surface area contributed by atoms with Crippen molar-refractivity contribution in [3.63, 3.8) is 0 Å². The number of nitrogens with one attached hydrogen (secondary N) is 1. The topological polar surface area (TPSA) is 21.3 Å². The Labute approximate surface area is 129 Å². The van der Waals surface area contributed by atoms with Crippen molar-refractivity contribution >= 4 is 22.9 Å². The summed E-state index contributed by atoms with van der Waals surface area (Å²) in [5, 5.41) is 6.48. The third-order valence-electron chi connectivity index (χ3n) is 3.10. The van der Waals surface area contributed by atoms with E-state index in [0.717, 1.165) is 22.9 Å². The molecule has 0 bridgehead atoms. The average molecular weight is 310 g/mol. The predicted octanol–water partition coefficient (Wildman–Crippen LogP) is 4.81. The number of thiophene rings is 1. The van der Waals surface area contributed by atoms with Crippen molar-refractivity contribution in [2.24, 2.45) is 0 Å². The van der Waals surface area contributed by atoms with Crippen LogP contribution in [0.2, 0.25) is 5.02 Å². The van der Waals surface area contributed by atoms with E-state index in [1.54, 1.807) is 11.3 Å². The van der Waals surface area contributed by atoms with Crippen LogP contribution in [0.5, 0.6) is 5.75 Å². The molecule has 20 heavy (non-hydrogen) atoms. The van der Waals surface area contributed by atoms with Crippen molar-refractivity contribution in [1.82, 2.24) is 5.32 Å². The van der Waals surface area contributed by atoms with Crippen LogP contribution in [0.3, 0.4) is 0 Å². The van der Waals surface area contributed by atoms with Crippen molar-refractivity contribution in [2.45, 2.75) is 26.8 Å². The van der Waals surface area contributed by atoms with Gasteiger partial charge in [0.05, 0.1) is 17.7 Å². The second-order valence-electron chi connectivity index (χ2n) is 4.59. The van der Waals surface area contributed by atoms with Gasteiger partial charge in [-0.3, -0.25) is 0 Å². The van der Waals surface area contributed by atoms with Crippen LogP contribution >= 0.6 is 22.9 Å². The van der Waals surface area contributed by atoms with Gasteiger partial charge in [0.2, 0.25) is 0 Å². The summed E-state index contributed by atoms with van der Waals surface area (Å²) < 4.78 is 5.59. The van der Waals surface area contributed by atoms with E-state index in [-0.39, 0.29) is 6.04 Å². The quantitative estimate of drug-likeness (QED) is 0.827. The van der Waals surface area contributed by atoms with E-state index in [9.17, 15) is 0 Å². The number of benzene rings is 1. The van der Waals surface area contributed by atoms with Gasteiger partial charge in [0, 0.05) is 4.88 Å². The SMILES string of the molecule is CCNC(c1cccc(OCC)c1)c1scc(C)c1Cl. The first-order valence-corrected chi connectivity index (χ1v) is 8.12. The monoisotopic (exact) mass is 309 g/mol. The number of halogens is 1. The molecule has 1 aromatic carbocycles. The molecule has 0 aliphatic carbocycles. The van der Waals surface area contributed by atoms with Crippen molar-refractivity contribution in [1.29, 1.82) is 0 Å². The Balaban J connectivity index is 2.37. The van der Waals surface area contributed by atoms with Gasteiger partial charge in [-0.15, -0.1) is 11.3 Å². The first kappa shape index (κ1) is 15.4. The Kier molecular flexibility index (Phi) is 5.46. The molecule has 1 unspecified atom stereocenters. The first-order chi connectivity index (χ1) is 9.67. The zero-order valence-electron chi connectivity index (χ0n) is 12.1. The van der Waals surface area contributed by atoms with Crippen molar-refractivity contribution in [2.75, 3.05) is 13.2 Å². The summed E-state index contributed by atoms with van der Waals surface area (Å²) in [5.41, 5.74) is 2.32. The molecular formula is C16H20ClNOS. The van der Waals surface area contributed by atoms with E-state index in [0.29, 0.717) is 6.61 Å². The van der Waals surface area contributed by atoms with Crippen LogP contribution in [0.15, 0.2) is 29.6 Å². The third kappa shape index (κ3) is 3.35. The number of hydrogen-bond donors (Lipinski definition) is 1. The van der Waals surface area contributed by atoms with E-state index < -0.39 is 0 Å². The number of hydrogen-bond acceptors (Lipinski definition) is 3. The average Bonchev–Trinajstić information content (AvgIpc) is 2.77. The molecule has 4 heteroatoms. The lowest BCUT2D eigenvalue weighted by Gasteiger charge is -2.18. The van der Waals surface area contributed by atoms with Crippen molar-refractivity contribution in [3.8, 4) is 5.75 Å². The molecule has 0 saturated carbocycles. The molecule has 1 aromatic heterocycles. The maximum Gasteiger partial charge on any atom is 0.119 e. The third-order valence-corrected chi connectivity index (χ3v) is 4.88. The highest BCUT2D eigenvalue weighted by Gasteiger charge is 2.19. The van der Waals surface area contributed by atoms with Gasteiger partial charge in [0.15, 0.2) is 0 Å². The number of ether oxygens (including phenoxy) is 1. The second-order valence-corrected chi connectivity index (χ2v) is 5.88. The molecule has 1 atom stereocenters.